The van der Waals surface area contributed by atoms with E-state index < -0.39 is 64.2 Å². The van der Waals surface area contributed by atoms with Gasteiger partial charge in [-0.15, -0.1) is 0 Å². The van der Waals surface area contributed by atoms with Gasteiger partial charge in [-0.05, 0) is 41.9 Å². The molecule has 0 aliphatic rings. The van der Waals surface area contributed by atoms with Crippen LogP contribution in [0.15, 0.2) is 57.5 Å². The fourth-order valence-electron chi connectivity index (χ4n) is 3.05. The Kier molecular flexibility index (Phi) is 9.23. The normalized spacial score (nSPS) is 14.2. The molecule has 0 fully saturated rings. The number of hydrogen-bond acceptors (Lipinski definition) is 5. The van der Waals surface area contributed by atoms with Gasteiger partial charge in [0, 0.05) is 29.1 Å². The molecule has 0 unspecified atom stereocenters. The second-order valence-corrected chi connectivity index (χ2v) is 9.66. The first-order chi connectivity index (χ1) is 16.7. The smallest absolute Gasteiger partial charge is 0.389 e. The van der Waals surface area contributed by atoms with Crippen LogP contribution < -0.4 is 17.2 Å². The molecule has 2 rings (SSSR count). The zero-order valence-corrected chi connectivity index (χ0v) is 19.9. The number of carbonyl (C=O) groups is 1. The molecule has 10 nitrogen and oxygen atoms in total. The van der Waals surface area contributed by atoms with Gasteiger partial charge in [0.1, 0.15) is 17.7 Å². The topological polar surface area (TPSA) is 177 Å². The predicted molar refractivity (Wildman–Crippen MR) is 123 cm³/mol. The average Bonchev–Trinajstić information content (AvgIpc) is 2.78. The average molecular weight is 553 g/mol. The number of hydrogen-bond donors (Lipinski definition) is 4. The van der Waals surface area contributed by atoms with E-state index in [0.717, 1.165) is 24.3 Å². The van der Waals surface area contributed by atoms with Crippen molar-refractivity contribution in [2.75, 3.05) is 0 Å². The van der Waals surface area contributed by atoms with E-state index in [2.05, 4.69) is 10.1 Å². The second kappa shape index (κ2) is 11.5. The number of rotatable bonds is 9. The summed E-state index contributed by atoms with van der Waals surface area (Å²) in [5.41, 5.74) is 15.8. The van der Waals surface area contributed by atoms with E-state index in [1.165, 1.54) is 18.2 Å². The van der Waals surface area contributed by atoms with Crippen LogP contribution in [0.25, 0.3) is 0 Å². The Morgan fingerprint density at radius 1 is 1.11 bits per heavy atom. The molecular formula is C20H21ClF4N6O4S. The molecule has 36 heavy (non-hydrogen) atoms. The van der Waals surface area contributed by atoms with Gasteiger partial charge in [0.25, 0.3) is 5.96 Å². The third kappa shape index (κ3) is 7.53. The Labute approximate surface area is 208 Å². The van der Waals surface area contributed by atoms with Gasteiger partial charge in [-0.1, -0.05) is 23.7 Å². The van der Waals surface area contributed by atoms with Crippen LogP contribution >= 0.6 is 11.6 Å². The summed E-state index contributed by atoms with van der Waals surface area (Å²) in [5.74, 6) is -3.35. The summed E-state index contributed by atoms with van der Waals surface area (Å²) in [7, 11) is -4.66. The summed E-state index contributed by atoms with van der Waals surface area (Å²) < 4.78 is 80.6. The molecule has 0 radical (unpaired) electrons. The first-order valence-electron chi connectivity index (χ1n) is 9.89. The number of aliphatic imine (C=N–C) groups is 1. The fourth-order valence-corrected chi connectivity index (χ4v) is 4.78. The molecule has 0 aliphatic carbocycles. The summed E-state index contributed by atoms with van der Waals surface area (Å²) in [5, 5.41) is 11.3. The maximum Gasteiger partial charge on any atom is 0.389 e. The minimum atomic E-state index is -4.72. The number of oxime groups is 1. The van der Waals surface area contributed by atoms with E-state index in [-0.39, 0.29) is 22.0 Å². The summed E-state index contributed by atoms with van der Waals surface area (Å²) in [6.07, 6.45) is -7.23. The SMILES string of the molecule is NC(=O)[C@@H](CCC(F)(F)F)N(Cc1ccc(C(N)=N/C(N)=N/O)cc1F)S(=O)(=O)c1ccc(Cl)cc1. The highest BCUT2D eigenvalue weighted by Crippen LogP contribution is 2.29. The van der Waals surface area contributed by atoms with Gasteiger partial charge >= 0.3 is 6.18 Å². The zero-order valence-electron chi connectivity index (χ0n) is 18.3. The lowest BCUT2D eigenvalue weighted by Gasteiger charge is -2.29. The second-order valence-electron chi connectivity index (χ2n) is 7.34. The Hall–Kier alpha value is -3.43. The van der Waals surface area contributed by atoms with Gasteiger partial charge in [-0.2, -0.15) is 22.5 Å². The van der Waals surface area contributed by atoms with Gasteiger partial charge in [0.05, 0.1) is 4.90 Å². The number of sulfonamides is 1. The van der Waals surface area contributed by atoms with Gasteiger partial charge in [-0.3, -0.25) is 4.79 Å². The van der Waals surface area contributed by atoms with Crippen molar-refractivity contribution in [1.82, 2.24) is 4.31 Å². The molecular weight excluding hydrogens is 532 g/mol. The Bertz CT molecular complexity index is 1270. The summed E-state index contributed by atoms with van der Waals surface area (Å²) in [6.45, 7) is -0.847. The highest BCUT2D eigenvalue weighted by molar-refractivity contribution is 7.89. The summed E-state index contributed by atoms with van der Waals surface area (Å²) in [4.78, 5) is 15.2. The molecule has 1 atom stereocenters. The number of alkyl halides is 3. The number of primary amides is 1. The number of amidine groups is 1. The molecule has 2 aromatic carbocycles. The van der Waals surface area contributed by atoms with E-state index >= 15 is 0 Å². The maximum absolute atomic E-state index is 14.9. The van der Waals surface area contributed by atoms with Crippen LogP contribution in [0.4, 0.5) is 17.6 Å². The zero-order chi connectivity index (χ0) is 27.3. The lowest BCUT2D eigenvalue weighted by atomic mass is 10.1. The van der Waals surface area contributed by atoms with Gasteiger partial charge in [0.15, 0.2) is 0 Å². The number of benzene rings is 2. The first kappa shape index (κ1) is 28.8. The van der Waals surface area contributed by atoms with E-state index in [1.807, 2.05) is 0 Å². The van der Waals surface area contributed by atoms with Crippen LogP contribution in [0.3, 0.4) is 0 Å². The van der Waals surface area contributed by atoms with E-state index in [1.54, 1.807) is 0 Å². The van der Waals surface area contributed by atoms with Gasteiger partial charge in [0.2, 0.25) is 15.9 Å². The van der Waals surface area contributed by atoms with Crippen molar-refractivity contribution in [1.29, 1.82) is 0 Å². The molecule has 2 aromatic rings. The molecule has 16 heteroatoms. The number of amides is 1. The van der Waals surface area contributed by atoms with E-state index in [9.17, 15) is 30.8 Å². The Morgan fingerprint density at radius 2 is 1.72 bits per heavy atom. The van der Waals surface area contributed by atoms with Crippen LogP contribution in [0.2, 0.25) is 5.02 Å². The van der Waals surface area contributed by atoms with Gasteiger partial charge in [-0.25, -0.2) is 12.8 Å². The molecule has 0 spiro atoms. The lowest BCUT2D eigenvalue weighted by Crippen LogP contribution is -2.48. The van der Waals surface area contributed by atoms with Crippen LogP contribution in [-0.2, 0) is 21.4 Å². The third-order valence-corrected chi connectivity index (χ3v) is 6.93. The van der Waals surface area contributed by atoms with E-state index in [0.29, 0.717) is 4.31 Å². The molecule has 0 saturated carbocycles. The number of guanidine groups is 1. The summed E-state index contributed by atoms with van der Waals surface area (Å²) in [6, 6.07) is 5.79. The van der Waals surface area contributed by atoms with Crippen molar-refractivity contribution in [2.24, 2.45) is 27.3 Å². The summed E-state index contributed by atoms with van der Waals surface area (Å²) >= 11 is 5.78. The van der Waals surface area contributed by atoms with Crippen molar-refractivity contribution in [3.8, 4) is 0 Å². The van der Waals surface area contributed by atoms with E-state index in [4.69, 9.17) is 34.0 Å². The van der Waals surface area contributed by atoms with Gasteiger partial charge < -0.3 is 22.4 Å². The van der Waals surface area contributed by atoms with Crippen molar-refractivity contribution in [2.45, 2.75) is 36.5 Å². The Morgan fingerprint density at radius 3 is 2.22 bits per heavy atom. The standard InChI is InChI=1S/C20H21ClF4N6O4S/c21-13-3-5-14(6-4-13)36(34,35)31(16(18(27)32)7-8-20(23,24)25)10-12-2-1-11(9-15(12)22)17(26)29-19(28)30-33/h1-6,9,16,33H,7-8,10H2,(H2,27,32)(H4,26,28,29,30)/t16-/m1/s1. The highest BCUT2D eigenvalue weighted by atomic mass is 35.5. The molecule has 196 valence electrons. The number of nitrogens with two attached hydrogens (primary N) is 3. The van der Waals surface area contributed by atoms with Crippen LogP contribution in [-0.4, -0.2) is 47.9 Å². The minimum absolute atomic E-state index is 0.0292. The number of nitrogens with zero attached hydrogens (tertiary/aromatic N) is 3. The molecule has 0 saturated heterocycles. The van der Waals surface area contributed by atoms with Crippen LogP contribution in [0.1, 0.15) is 24.0 Å². The molecule has 1 amide bonds. The molecule has 0 aromatic heterocycles. The Balaban J connectivity index is 2.55. The largest absolute Gasteiger partial charge is 0.408 e. The molecule has 0 aliphatic heterocycles. The first-order valence-corrected chi connectivity index (χ1v) is 11.7. The molecule has 0 bridgehead atoms. The minimum Gasteiger partial charge on any atom is -0.408 e. The van der Waals surface area contributed by atoms with Crippen molar-refractivity contribution < 1.29 is 36.0 Å². The van der Waals surface area contributed by atoms with Crippen LogP contribution in [0, 0.1) is 5.82 Å². The third-order valence-electron chi connectivity index (χ3n) is 4.81. The monoisotopic (exact) mass is 552 g/mol. The highest BCUT2D eigenvalue weighted by Gasteiger charge is 2.38. The van der Waals surface area contributed by atoms with Crippen molar-refractivity contribution in [3.63, 3.8) is 0 Å². The number of halogens is 5. The number of carbonyl (C=O) groups excluding carboxylic acids is 1. The molecule has 0 heterocycles. The maximum atomic E-state index is 14.9. The molecule has 7 N–H and O–H groups in total. The van der Waals surface area contributed by atoms with Crippen molar-refractivity contribution in [3.05, 3.63) is 64.4 Å². The van der Waals surface area contributed by atoms with Crippen molar-refractivity contribution >= 4 is 39.3 Å². The van der Waals surface area contributed by atoms with Crippen LogP contribution in [0.5, 0.6) is 0 Å². The predicted octanol–water partition coefficient (Wildman–Crippen LogP) is 2.28. The lowest BCUT2D eigenvalue weighted by molar-refractivity contribution is -0.140. The quantitative estimate of drug-likeness (QED) is 0.122. The fraction of sp³-hybridized carbons (Fsp3) is 0.250.